The summed E-state index contributed by atoms with van der Waals surface area (Å²) in [5.74, 6) is 0.402. The normalized spacial score (nSPS) is 10.0. The summed E-state index contributed by atoms with van der Waals surface area (Å²) >= 11 is 3.37. The molecule has 3 nitrogen and oxygen atoms in total. The molecule has 1 N–H and O–H groups in total. The minimum absolute atomic E-state index is 0.153. The molecule has 2 aromatic rings. The summed E-state index contributed by atoms with van der Waals surface area (Å²) in [5.41, 5.74) is 1.65. The van der Waals surface area contributed by atoms with Gasteiger partial charge in [-0.1, -0.05) is 18.2 Å². The molecule has 0 aliphatic heterocycles. The fourth-order valence-electron chi connectivity index (χ4n) is 1.39. The Labute approximate surface area is 108 Å². The van der Waals surface area contributed by atoms with Crippen molar-refractivity contribution in [2.45, 2.75) is 6.92 Å². The van der Waals surface area contributed by atoms with Crippen molar-refractivity contribution in [3.05, 3.63) is 58.2 Å². The van der Waals surface area contributed by atoms with Crippen molar-refractivity contribution < 1.29 is 4.79 Å². The van der Waals surface area contributed by atoms with E-state index in [-0.39, 0.29) is 5.91 Å². The van der Waals surface area contributed by atoms with Crippen molar-refractivity contribution in [3.8, 4) is 0 Å². The standard InChI is InChI=1S/C13H11BrN2O/c1-9-7-12(15-8-11(9)14)16-13(17)10-5-3-2-4-6-10/h2-8H,1H3,(H,15,16,17). The molecular weight excluding hydrogens is 280 g/mol. The highest BCUT2D eigenvalue weighted by atomic mass is 79.9. The van der Waals surface area contributed by atoms with Gasteiger partial charge in [0.25, 0.3) is 5.91 Å². The van der Waals surface area contributed by atoms with Gasteiger partial charge in [0, 0.05) is 16.2 Å². The van der Waals surface area contributed by atoms with Gasteiger partial charge in [0.15, 0.2) is 0 Å². The number of benzene rings is 1. The van der Waals surface area contributed by atoms with E-state index >= 15 is 0 Å². The van der Waals surface area contributed by atoms with Gasteiger partial charge < -0.3 is 5.32 Å². The molecule has 0 spiro atoms. The monoisotopic (exact) mass is 290 g/mol. The quantitative estimate of drug-likeness (QED) is 0.921. The van der Waals surface area contributed by atoms with Crippen LogP contribution >= 0.6 is 15.9 Å². The maximum atomic E-state index is 11.8. The topological polar surface area (TPSA) is 42.0 Å². The third kappa shape index (κ3) is 2.91. The number of aromatic nitrogens is 1. The van der Waals surface area contributed by atoms with Crippen molar-refractivity contribution in [3.63, 3.8) is 0 Å². The van der Waals surface area contributed by atoms with E-state index in [1.807, 2.05) is 31.2 Å². The Kier molecular flexibility index (Phi) is 3.54. The van der Waals surface area contributed by atoms with Gasteiger partial charge in [-0.15, -0.1) is 0 Å². The second-order valence-corrected chi connectivity index (χ2v) is 4.49. The van der Waals surface area contributed by atoms with Gasteiger partial charge in [-0.3, -0.25) is 4.79 Å². The Bertz CT molecular complexity index is 540. The first-order chi connectivity index (χ1) is 8.16. The number of rotatable bonds is 2. The predicted octanol–water partition coefficient (Wildman–Crippen LogP) is 3.40. The van der Waals surface area contributed by atoms with Crippen LogP contribution in [0.1, 0.15) is 15.9 Å². The first kappa shape index (κ1) is 11.8. The van der Waals surface area contributed by atoms with E-state index in [9.17, 15) is 4.79 Å². The van der Waals surface area contributed by atoms with E-state index in [1.54, 1.807) is 18.3 Å². The van der Waals surface area contributed by atoms with Crippen molar-refractivity contribution in [1.82, 2.24) is 4.98 Å². The van der Waals surface area contributed by atoms with E-state index in [0.717, 1.165) is 10.0 Å². The van der Waals surface area contributed by atoms with Crippen LogP contribution in [0.4, 0.5) is 5.82 Å². The Morgan fingerprint density at radius 2 is 2.00 bits per heavy atom. The molecule has 2 rings (SSSR count). The summed E-state index contributed by atoms with van der Waals surface area (Å²) in [6, 6.07) is 10.9. The molecule has 0 saturated heterocycles. The van der Waals surface area contributed by atoms with Gasteiger partial charge in [0.1, 0.15) is 5.82 Å². The summed E-state index contributed by atoms with van der Waals surface area (Å²) in [5, 5.41) is 2.76. The number of halogens is 1. The van der Waals surface area contributed by atoms with Gasteiger partial charge in [-0.2, -0.15) is 0 Å². The highest BCUT2D eigenvalue weighted by Crippen LogP contribution is 2.17. The van der Waals surface area contributed by atoms with Gasteiger partial charge in [0.2, 0.25) is 0 Å². The molecule has 1 aromatic carbocycles. The zero-order valence-corrected chi connectivity index (χ0v) is 10.9. The van der Waals surface area contributed by atoms with E-state index in [2.05, 4.69) is 26.2 Å². The Hall–Kier alpha value is -1.68. The second-order valence-electron chi connectivity index (χ2n) is 3.64. The SMILES string of the molecule is Cc1cc(NC(=O)c2ccccc2)ncc1Br. The summed E-state index contributed by atoms with van der Waals surface area (Å²) in [6.45, 7) is 1.95. The van der Waals surface area contributed by atoms with Gasteiger partial charge in [-0.05, 0) is 46.6 Å². The maximum Gasteiger partial charge on any atom is 0.256 e. The largest absolute Gasteiger partial charge is 0.307 e. The first-order valence-corrected chi connectivity index (χ1v) is 5.94. The maximum absolute atomic E-state index is 11.8. The van der Waals surface area contributed by atoms with Crippen LogP contribution in [0.5, 0.6) is 0 Å². The summed E-state index contributed by atoms with van der Waals surface area (Å²) < 4.78 is 0.926. The number of nitrogens with zero attached hydrogens (tertiary/aromatic N) is 1. The molecule has 17 heavy (non-hydrogen) atoms. The minimum atomic E-state index is -0.153. The Balaban J connectivity index is 2.16. The lowest BCUT2D eigenvalue weighted by atomic mass is 10.2. The summed E-state index contributed by atoms with van der Waals surface area (Å²) in [7, 11) is 0. The van der Waals surface area contributed by atoms with Crippen LogP contribution in [0.25, 0.3) is 0 Å². The fourth-order valence-corrected chi connectivity index (χ4v) is 1.60. The van der Waals surface area contributed by atoms with Crippen LogP contribution in [0.3, 0.4) is 0 Å². The molecule has 0 atom stereocenters. The number of hydrogen-bond acceptors (Lipinski definition) is 2. The zero-order chi connectivity index (χ0) is 12.3. The molecule has 0 unspecified atom stereocenters. The highest BCUT2D eigenvalue weighted by molar-refractivity contribution is 9.10. The third-order valence-corrected chi connectivity index (χ3v) is 3.15. The van der Waals surface area contributed by atoms with Crippen molar-refractivity contribution in [2.24, 2.45) is 0 Å². The number of nitrogens with one attached hydrogen (secondary N) is 1. The van der Waals surface area contributed by atoms with Gasteiger partial charge in [0.05, 0.1) is 0 Å². The number of carbonyl (C=O) groups is 1. The number of anilines is 1. The van der Waals surface area contributed by atoms with Crippen LogP contribution in [0.15, 0.2) is 47.1 Å². The number of hydrogen-bond donors (Lipinski definition) is 1. The van der Waals surface area contributed by atoms with Crippen molar-refractivity contribution in [2.75, 3.05) is 5.32 Å². The first-order valence-electron chi connectivity index (χ1n) is 5.15. The molecule has 0 aliphatic carbocycles. The molecule has 1 aromatic heterocycles. The highest BCUT2D eigenvalue weighted by Gasteiger charge is 2.06. The Morgan fingerprint density at radius 1 is 1.29 bits per heavy atom. The number of pyridine rings is 1. The predicted molar refractivity (Wildman–Crippen MR) is 71.1 cm³/mol. The van der Waals surface area contributed by atoms with Gasteiger partial charge in [-0.25, -0.2) is 4.98 Å². The molecule has 0 bridgehead atoms. The minimum Gasteiger partial charge on any atom is -0.307 e. The lowest BCUT2D eigenvalue weighted by Crippen LogP contribution is -2.12. The number of carbonyl (C=O) groups excluding carboxylic acids is 1. The van der Waals surface area contributed by atoms with E-state index in [0.29, 0.717) is 11.4 Å². The molecular formula is C13H11BrN2O. The number of aryl methyl sites for hydroxylation is 1. The van der Waals surface area contributed by atoms with Crippen LogP contribution < -0.4 is 5.32 Å². The summed E-state index contributed by atoms with van der Waals surface area (Å²) in [4.78, 5) is 16.0. The average molecular weight is 291 g/mol. The molecule has 0 aliphatic rings. The lowest BCUT2D eigenvalue weighted by molar-refractivity contribution is 0.102. The molecule has 1 heterocycles. The van der Waals surface area contributed by atoms with E-state index < -0.39 is 0 Å². The smallest absolute Gasteiger partial charge is 0.256 e. The van der Waals surface area contributed by atoms with Crippen molar-refractivity contribution >= 4 is 27.7 Å². The van der Waals surface area contributed by atoms with E-state index in [4.69, 9.17) is 0 Å². The Morgan fingerprint density at radius 3 is 2.65 bits per heavy atom. The molecule has 1 amide bonds. The lowest BCUT2D eigenvalue weighted by Gasteiger charge is -2.05. The molecule has 0 saturated carbocycles. The van der Waals surface area contributed by atoms with Crippen LogP contribution in [0.2, 0.25) is 0 Å². The van der Waals surface area contributed by atoms with Crippen LogP contribution in [-0.2, 0) is 0 Å². The average Bonchev–Trinajstić information content (AvgIpc) is 2.35. The molecule has 86 valence electrons. The third-order valence-electron chi connectivity index (χ3n) is 2.32. The number of amides is 1. The van der Waals surface area contributed by atoms with Crippen LogP contribution in [0, 0.1) is 6.92 Å². The second kappa shape index (κ2) is 5.10. The van der Waals surface area contributed by atoms with Crippen molar-refractivity contribution in [1.29, 1.82) is 0 Å². The van der Waals surface area contributed by atoms with Crippen LogP contribution in [-0.4, -0.2) is 10.9 Å². The fraction of sp³-hybridized carbons (Fsp3) is 0.0769. The summed E-state index contributed by atoms with van der Waals surface area (Å²) in [6.07, 6.45) is 1.68. The van der Waals surface area contributed by atoms with Gasteiger partial charge >= 0.3 is 0 Å². The molecule has 0 radical (unpaired) electrons. The van der Waals surface area contributed by atoms with E-state index in [1.165, 1.54) is 0 Å². The zero-order valence-electron chi connectivity index (χ0n) is 9.27. The molecule has 4 heteroatoms. The molecule has 0 fully saturated rings.